The van der Waals surface area contributed by atoms with Gasteiger partial charge in [0.15, 0.2) is 0 Å². The zero-order valence-electron chi connectivity index (χ0n) is 10.1. The Morgan fingerprint density at radius 1 is 1.62 bits per heavy atom. The Kier molecular flexibility index (Phi) is 4.75. The van der Waals surface area contributed by atoms with Gasteiger partial charge in [-0.2, -0.15) is 5.26 Å². The maximum absolute atomic E-state index is 11.7. The third-order valence-electron chi connectivity index (χ3n) is 3.06. The molecule has 0 spiro atoms. The Morgan fingerprint density at radius 2 is 2.38 bits per heavy atom. The molecule has 0 saturated carbocycles. The Morgan fingerprint density at radius 3 is 2.88 bits per heavy atom. The monoisotopic (exact) mass is 224 g/mol. The van der Waals surface area contributed by atoms with E-state index in [1.807, 2.05) is 6.92 Å². The van der Waals surface area contributed by atoms with Crippen LogP contribution in [0.3, 0.4) is 0 Å². The molecule has 0 aromatic heterocycles. The smallest absolute Gasteiger partial charge is 0.223 e. The lowest BCUT2D eigenvalue weighted by Gasteiger charge is -2.25. The third-order valence-corrected chi connectivity index (χ3v) is 3.06. The van der Waals surface area contributed by atoms with E-state index in [1.165, 1.54) is 0 Å². The zero-order valence-corrected chi connectivity index (χ0v) is 10.1. The highest BCUT2D eigenvalue weighted by molar-refractivity contribution is 5.77. The number of hydrogen-bond acceptors (Lipinski definition) is 3. The van der Waals surface area contributed by atoms with Crippen LogP contribution >= 0.6 is 0 Å². The fourth-order valence-corrected chi connectivity index (χ4v) is 1.73. The number of rotatable bonds is 4. The molecule has 1 aliphatic heterocycles. The van der Waals surface area contributed by atoms with Crippen molar-refractivity contribution in [3.8, 4) is 6.07 Å². The molecule has 1 fully saturated rings. The van der Waals surface area contributed by atoms with Crippen molar-refractivity contribution in [3.63, 3.8) is 0 Å². The summed E-state index contributed by atoms with van der Waals surface area (Å²) in [5, 5.41) is 11.7. The largest absolute Gasteiger partial charge is 0.378 e. The minimum atomic E-state index is -0.744. The number of ether oxygens (including phenoxy) is 1. The molecule has 1 N–H and O–H groups in total. The van der Waals surface area contributed by atoms with Gasteiger partial charge >= 0.3 is 0 Å². The molecule has 1 saturated heterocycles. The van der Waals surface area contributed by atoms with Crippen molar-refractivity contribution >= 4 is 5.91 Å². The number of nitrogens with one attached hydrogen (secondary N) is 1. The highest BCUT2D eigenvalue weighted by Crippen LogP contribution is 2.16. The lowest BCUT2D eigenvalue weighted by Crippen LogP contribution is -2.45. The lowest BCUT2D eigenvalue weighted by atomic mass is 10.00. The molecular formula is C12H20N2O2. The predicted molar refractivity (Wildman–Crippen MR) is 60.7 cm³/mol. The third kappa shape index (κ3) is 3.82. The van der Waals surface area contributed by atoms with Crippen LogP contribution in [0.15, 0.2) is 0 Å². The molecule has 0 aromatic carbocycles. The molecule has 4 heteroatoms. The normalized spacial score (nSPS) is 24.2. The van der Waals surface area contributed by atoms with Crippen molar-refractivity contribution < 1.29 is 9.53 Å². The molecule has 2 atom stereocenters. The topological polar surface area (TPSA) is 62.1 Å². The molecule has 1 heterocycles. The summed E-state index contributed by atoms with van der Waals surface area (Å²) >= 11 is 0. The van der Waals surface area contributed by atoms with E-state index in [-0.39, 0.29) is 12.0 Å². The average Bonchev–Trinajstić information content (AvgIpc) is 2.30. The van der Waals surface area contributed by atoms with Gasteiger partial charge in [0, 0.05) is 6.61 Å². The van der Waals surface area contributed by atoms with Gasteiger partial charge in [-0.15, -0.1) is 0 Å². The van der Waals surface area contributed by atoms with Crippen LogP contribution < -0.4 is 5.32 Å². The number of amides is 1. The minimum Gasteiger partial charge on any atom is -0.378 e. The first-order chi connectivity index (χ1) is 7.59. The summed E-state index contributed by atoms with van der Waals surface area (Å²) in [5.74, 6) is -0.0854. The zero-order chi connectivity index (χ0) is 12.0. The number of hydrogen-bond donors (Lipinski definition) is 1. The fraction of sp³-hybridized carbons (Fsp3) is 0.833. The highest BCUT2D eigenvalue weighted by atomic mass is 16.5. The molecule has 1 rings (SSSR count). The molecule has 0 aromatic rings. The van der Waals surface area contributed by atoms with Crippen molar-refractivity contribution in [2.75, 3.05) is 6.61 Å². The Balaban J connectivity index is 2.38. The van der Waals surface area contributed by atoms with Crippen LogP contribution in [0.2, 0.25) is 0 Å². The Hall–Kier alpha value is -1.08. The number of carbonyl (C=O) groups is 1. The first-order valence-corrected chi connectivity index (χ1v) is 5.93. The molecule has 0 radical (unpaired) electrons. The number of nitriles is 1. The van der Waals surface area contributed by atoms with Gasteiger partial charge in [0.2, 0.25) is 5.91 Å². The molecule has 2 unspecified atom stereocenters. The number of carbonyl (C=O) groups excluding carboxylic acids is 1. The SMILES string of the molecule is CCC(C)(C#N)NC(=O)CC1CCCCO1. The summed E-state index contributed by atoms with van der Waals surface area (Å²) < 4.78 is 5.49. The second-order valence-electron chi connectivity index (χ2n) is 4.54. The van der Waals surface area contributed by atoms with Gasteiger partial charge in [0.25, 0.3) is 0 Å². The molecule has 0 aliphatic carbocycles. The molecule has 90 valence electrons. The van der Waals surface area contributed by atoms with Gasteiger partial charge in [-0.1, -0.05) is 6.92 Å². The minimum absolute atomic E-state index is 0.0357. The Labute approximate surface area is 97.0 Å². The van der Waals surface area contributed by atoms with Crippen LogP contribution in [0.4, 0.5) is 0 Å². The summed E-state index contributed by atoms with van der Waals surface area (Å²) in [6.07, 6.45) is 4.18. The van der Waals surface area contributed by atoms with E-state index in [2.05, 4.69) is 11.4 Å². The first-order valence-electron chi connectivity index (χ1n) is 5.93. The average molecular weight is 224 g/mol. The second-order valence-corrected chi connectivity index (χ2v) is 4.54. The van der Waals surface area contributed by atoms with E-state index in [0.717, 1.165) is 25.9 Å². The van der Waals surface area contributed by atoms with Crippen LogP contribution in [0.5, 0.6) is 0 Å². The molecule has 4 nitrogen and oxygen atoms in total. The van der Waals surface area contributed by atoms with Crippen LogP contribution in [0.25, 0.3) is 0 Å². The summed E-state index contributed by atoms with van der Waals surface area (Å²) in [7, 11) is 0. The van der Waals surface area contributed by atoms with Crippen molar-refractivity contribution in [1.82, 2.24) is 5.32 Å². The highest BCUT2D eigenvalue weighted by Gasteiger charge is 2.25. The van der Waals surface area contributed by atoms with Crippen LogP contribution in [0, 0.1) is 11.3 Å². The van der Waals surface area contributed by atoms with E-state index in [1.54, 1.807) is 6.92 Å². The van der Waals surface area contributed by atoms with Crippen molar-refractivity contribution in [2.24, 2.45) is 0 Å². The summed E-state index contributed by atoms with van der Waals surface area (Å²) in [6, 6.07) is 2.12. The maximum Gasteiger partial charge on any atom is 0.223 e. The summed E-state index contributed by atoms with van der Waals surface area (Å²) in [4.78, 5) is 11.7. The van der Waals surface area contributed by atoms with Crippen molar-refractivity contribution in [1.29, 1.82) is 5.26 Å². The van der Waals surface area contributed by atoms with E-state index in [4.69, 9.17) is 10.00 Å². The van der Waals surface area contributed by atoms with Gasteiger partial charge < -0.3 is 10.1 Å². The summed E-state index contributed by atoms with van der Waals surface area (Å²) in [5.41, 5.74) is -0.744. The quantitative estimate of drug-likeness (QED) is 0.791. The van der Waals surface area contributed by atoms with Gasteiger partial charge in [-0.05, 0) is 32.6 Å². The molecule has 1 aliphatic rings. The van der Waals surface area contributed by atoms with Gasteiger partial charge in [0.1, 0.15) is 5.54 Å². The van der Waals surface area contributed by atoms with E-state index < -0.39 is 5.54 Å². The van der Waals surface area contributed by atoms with Gasteiger partial charge in [-0.25, -0.2) is 0 Å². The fourth-order valence-electron chi connectivity index (χ4n) is 1.73. The van der Waals surface area contributed by atoms with Crippen LogP contribution in [-0.4, -0.2) is 24.2 Å². The molecule has 0 bridgehead atoms. The molecular weight excluding hydrogens is 204 g/mol. The standard InChI is InChI=1S/C12H20N2O2/c1-3-12(2,9-13)14-11(15)8-10-6-4-5-7-16-10/h10H,3-8H2,1-2H3,(H,14,15). The maximum atomic E-state index is 11.7. The first kappa shape index (κ1) is 13.0. The molecule has 16 heavy (non-hydrogen) atoms. The molecule has 1 amide bonds. The van der Waals surface area contributed by atoms with E-state index in [9.17, 15) is 4.79 Å². The number of nitrogens with zero attached hydrogens (tertiary/aromatic N) is 1. The van der Waals surface area contributed by atoms with Crippen LogP contribution in [-0.2, 0) is 9.53 Å². The Bertz CT molecular complexity index is 279. The van der Waals surface area contributed by atoms with Crippen molar-refractivity contribution in [3.05, 3.63) is 0 Å². The van der Waals surface area contributed by atoms with E-state index in [0.29, 0.717) is 12.8 Å². The van der Waals surface area contributed by atoms with Gasteiger partial charge in [0.05, 0.1) is 18.6 Å². The lowest BCUT2D eigenvalue weighted by molar-refractivity contribution is -0.126. The van der Waals surface area contributed by atoms with Crippen LogP contribution in [0.1, 0.15) is 46.0 Å². The van der Waals surface area contributed by atoms with E-state index >= 15 is 0 Å². The van der Waals surface area contributed by atoms with Gasteiger partial charge in [-0.3, -0.25) is 4.79 Å². The second kappa shape index (κ2) is 5.86. The summed E-state index contributed by atoms with van der Waals surface area (Å²) in [6.45, 7) is 4.38. The van der Waals surface area contributed by atoms with Crippen molar-refractivity contribution in [2.45, 2.75) is 57.6 Å². The predicted octanol–water partition coefficient (Wildman–Crippen LogP) is 1.75.